The lowest BCUT2D eigenvalue weighted by atomic mass is 10.2. The molecule has 1 aliphatic heterocycles. The summed E-state index contributed by atoms with van der Waals surface area (Å²) in [6.07, 6.45) is 1.57. The molecule has 1 saturated heterocycles. The second-order valence-corrected chi connectivity index (χ2v) is 5.67. The number of rotatable bonds is 4. The number of nitro benzene ring substituents is 1. The predicted molar refractivity (Wildman–Crippen MR) is 88.3 cm³/mol. The van der Waals surface area contributed by atoms with Crippen LogP contribution in [0.5, 0.6) is 0 Å². The van der Waals surface area contributed by atoms with Crippen LogP contribution in [0.25, 0.3) is 6.08 Å². The number of urea groups is 1. The summed E-state index contributed by atoms with van der Waals surface area (Å²) < 4.78 is 5.40. The van der Waals surface area contributed by atoms with Crippen LogP contribution in [0.1, 0.15) is 22.6 Å². The van der Waals surface area contributed by atoms with E-state index in [4.69, 9.17) is 4.42 Å². The number of imide groups is 1. The lowest BCUT2D eigenvalue weighted by Crippen LogP contribution is -2.30. The highest BCUT2D eigenvalue weighted by Gasteiger charge is 2.33. The van der Waals surface area contributed by atoms with E-state index >= 15 is 0 Å². The van der Waals surface area contributed by atoms with Crippen LogP contribution >= 0.6 is 0 Å². The Labute approximate surface area is 142 Å². The highest BCUT2D eigenvalue weighted by atomic mass is 16.6. The number of nitro groups is 1. The third kappa shape index (κ3) is 3.27. The van der Waals surface area contributed by atoms with Crippen molar-refractivity contribution < 1.29 is 18.9 Å². The van der Waals surface area contributed by atoms with Gasteiger partial charge in [0, 0.05) is 17.7 Å². The van der Waals surface area contributed by atoms with Crippen LogP contribution < -0.4 is 5.32 Å². The molecular formula is C17H15N3O5. The Kier molecular flexibility index (Phi) is 4.10. The molecule has 0 bridgehead atoms. The summed E-state index contributed by atoms with van der Waals surface area (Å²) in [6.45, 7) is 3.60. The molecule has 8 nitrogen and oxygen atoms in total. The second kappa shape index (κ2) is 6.23. The molecule has 0 radical (unpaired) electrons. The minimum atomic E-state index is -0.535. The van der Waals surface area contributed by atoms with Gasteiger partial charge < -0.3 is 9.73 Å². The van der Waals surface area contributed by atoms with Gasteiger partial charge in [0.1, 0.15) is 17.2 Å². The van der Waals surface area contributed by atoms with Gasteiger partial charge in [0.25, 0.3) is 11.6 Å². The lowest BCUT2D eigenvalue weighted by molar-refractivity contribution is -0.384. The Morgan fingerprint density at radius 3 is 2.48 bits per heavy atom. The summed E-state index contributed by atoms with van der Waals surface area (Å²) in [6, 6.07) is 6.95. The first-order valence-corrected chi connectivity index (χ1v) is 7.50. The molecule has 0 saturated carbocycles. The van der Waals surface area contributed by atoms with Gasteiger partial charge in [-0.25, -0.2) is 4.79 Å². The molecule has 0 unspecified atom stereocenters. The van der Waals surface area contributed by atoms with Crippen molar-refractivity contribution in [1.82, 2.24) is 10.2 Å². The van der Waals surface area contributed by atoms with E-state index in [1.54, 1.807) is 26.0 Å². The number of hydrogen-bond donors (Lipinski definition) is 1. The quantitative estimate of drug-likeness (QED) is 0.398. The zero-order chi connectivity index (χ0) is 18.1. The number of amides is 3. The van der Waals surface area contributed by atoms with Gasteiger partial charge in [-0.3, -0.25) is 19.8 Å². The third-order valence-electron chi connectivity index (χ3n) is 3.83. The van der Waals surface area contributed by atoms with Crippen molar-refractivity contribution in [3.05, 3.63) is 68.8 Å². The topological polar surface area (TPSA) is 106 Å². The number of hydrogen-bond acceptors (Lipinski definition) is 5. The van der Waals surface area contributed by atoms with E-state index in [9.17, 15) is 19.7 Å². The summed E-state index contributed by atoms with van der Waals surface area (Å²) in [4.78, 5) is 35.7. The number of carbonyl (C=O) groups excluding carboxylic acids is 2. The maximum absolute atomic E-state index is 12.5. The first-order valence-electron chi connectivity index (χ1n) is 7.50. The van der Waals surface area contributed by atoms with Crippen LogP contribution in [-0.4, -0.2) is 21.8 Å². The minimum Gasteiger partial charge on any atom is -0.466 e. The maximum Gasteiger partial charge on any atom is 0.329 e. The van der Waals surface area contributed by atoms with E-state index in [-0.39, 0.29) is 17.9 Å². The minimum absolute atomic E-state index is 0.0311. The predicted octanol–water partition coefficient (Wildman–Crippen LogP) is 2.90. The van der Waals surface area contributed by atoms with E-state index in [0.717, 1.165) is 10.5 Å². The number of aryl methyl sites for hydroxylation is 2. The fraction of sp³-hybridized carbons (Fsp3) is 0.176. The number of benzene rings is 1. The Hall–Kier alpha value is -3.42. The highest BCUT2D eigenvalue weighted by molar-refractivity contribution is 6.13. The molecule has 1 aliphatic rings. The molecular weight excluding hydrogens is 326 g/mol. The molecule has 3 rings (SSSR count). The van der Waals surface area contributed by atoms with Gasteiger partial charge in [-0.15, -0.1) is 0 Å². The molecule has 25 heavy (non-hydrogen) atoms. The molecule has 0 aliphatic carbocycles. The van der Waals surface area contributed by atoms with Crippen LogP contribution in [0, 0.1) is 24.0 Å². The Morgan fingerprint density at radius 2 is 1.92 bits per heavy atom. The molecule has 1 N–H and O–H groups in total. The number of carbonyl (C=O) groups is 2. The second-order valence-electron chi connectivity index (χ2n) is 5.67. The number of furan rings is 1. The van der Waals surface area contributed by atoms with Crippen molar-refractivity contribution in [3.8, 4) is 0 Å². The van der Waals surface area contributed by atoms with Crippen LogP contribution in [0.3, 0.4) is 0 Å². The van der Waals surface area contributed by atoms with Crippen molar-refractivity contribution >= 4 is 23.7 Å². The Morgan fingerprint density at radius 1 is 1.24 bits per heavy atom. The Balaban J connectivity index is 1.79. The van der Waals surface area contributed by atoms with Gasteiger partial charge in [0.05, 0.1) is 11.5 Å². The molecule has 0 spiro atoms. The Bertz CT molecular complexity index is 896. The van der Waals surface area contributed by atoms with Gasteiger partial charge in [0.2, 0.25) is 0 Å². The number of nitrogens with one attached hydrogen (secondary N) is 1. The van der Waals surface area contributed by atoms with Gasteiger partial charge in [0.15, 0.2) is 0 Å². The molecule has 128 valence electrons. The van der Waals surface area contributed by atoms with E-state index < -0.39 is 16.9 Å². The molecule has 2 aromatic rings. The van der Waals surface area contributed by atoms with Crippen LogP contribution in [0.2, 0.25) is 0 Å². The van der Waals surface area contributed by atoms with E-state index in [1.165, 1.54) is 24.3 Å². The maximum atomic E-state index is 12.5. The summed E-state index contributed by atoms with van der Waals surface area (Å²) in [7, 11) is 0. The van der Waals surface area contributed by atoms with E-state index in [2.05, 4.69) is 5.32 Å². The molecule has 0 atom stereocenters. The summed E-state index contributed by atoms with van der Waals surface area (Å²) >= 11 is 0. The molecule has 1 aromatic heterocycles. The largest absolute Gasteiger partial charge is 0.466 e. The van der Waals surface area contributed by atoms with E-state index in [0.29, 0.717) is 17.1 Å². The summed E-state index contributed by atoms with van der Waals surface area (Å²) in [5.41, 5.74) is 1.45. The van der Waals surface area contributed by atoms with Crippen molar-refractivity contribution in [3.63, 3.8) is 0 Å². The van der Waals surface area contributed by atoms with Crippen molar-refractivity contribution in [2.75, 3.05) is 0 Å². The van der Waals surface area contributed by atoms with E-state index in [1.807, 2.05) is 0 Å². The van der Waals surface area contributed by atoms with Crippen LogP contribution in [0.15, 0.2) is 40.4 Å². The van der Waals surface area contributed by atoms with Crippen LogP contribution in [-0.2, 0) is 11.3 Å². The monoisotopic (exact) mass is 341 g/mol. The standard InChI is InChI=1S/C17H15N3O5/c1-10-7-13(11(2)25-10)8-15-16(21)19(17(22)18-15)9-12-3-5-14(6-4-12)20(23)24/h3-8H,9H2,1-2H3,(H,18,22)/b15-8-. The zero-order valence-electron chi connectivity index (χ0n) is 13.6. The smallest absolute Gasteiger partial charge is 0.329 e. The molecule has 8 heteroatoms. The number of non-ortho nitro benzene ring substituents is 1. The first kappa shape index (κ1) is 16.4. The average Bonchev–Trinajstić information content (AvgIpc) is 3.01. The zero-order valence-corrected chi connectivity index (χ0v) is 13.6. The highest BCUT2D eigenvalue weighted by Crippen LogP contribution is 2.21. The average molecular weight is 341 g/mol. The summed E-state index contributed by atoms with van der Waals surface area (Å²) in [5, 5.41) is 13.2. The van der Waals surface area contributed by atoms with Gasteiger partial charge >= 0.3 is 6.03 Å². The fourth-order valence-corrected chi connectivity index (χ4v) is 2.57. The molecule has 3 amide bonds. The van der Waals surface area contributed by atoms with Crippen molar-refractivity contribution in [2.45, 2.75) is 20.4 Å². The van der Waals surface area contributed by atoms with Crippen LogP contribution in [0.4, 0.5) is 10.5 Å². The normalized spacial score (nSPS) is 15.8. The van der Waals surface area contributed by atoms with Gasteiger partial charge in [-0.1, -0.05) is 12.1 Å². The fourth-order valence-electron chi connectivity index (χ4n) is 2.57. The van der Waals surface area contributed by atoms with Gasteiger partial charge in [-0.05, 0) is 31.6 Å². The van der Waals surface area contributed by atoms with Crippen molar-refractivity contribution in [2.24, 2.45) is 0 Å². The first-order chi connectivity index (χ1) is 11.8. The summed E-state index contributed by atoms with van der Waals surface area (Å²) in [5.74, 6) is 0.909. The number of nitrogens with zero attached hydrogens (tertiary/aromatic N) is 2. The van der Waals surface area contributed by atoms with Gasteiger partial charge in [-0.2, -0.15) is 0 Å². The lowest BCUT2D eigenvalue weighted by Gasteiger charge is -2.11. The third-order valence-corrected chi connectivity index (χ3v) is 3.83. The molecule has 1 fully saturated rings. The molecule has 1 aromatic carbocycles. The van der Waals surface area contributed by atoms with Crippen molar-refractivity contribution in [1.29, 1.82) is 0 Å². The molecule has 2 heterocycles. The SMILES string of the molecule is Cc1cc(/C=C2\NC(=O)N(Cc3ccc([N+](=O)[O-])cc3)C2=O)c(C)o1.